The lowest BCUT2D eigenvalue weighted by molar-refractivity contribution is 0.529. The third kappa shape index (κ3) is 5.30. The van der Waals surface area contributed by atoms with Crippen LogP contribution in [0.15, 0.2) is 58.8 Å². The first-order valence-corrected chi connectivity index (χ1v) is 13.5. The van der Waals surface area contributed by atoms with Crippen molar-refractivity contribution in [2.24, 2.45) is 0 Å². The van der Waals surface area contributed by atoms with Crippen molar-refractivity contribution in [3.8, 4) is 0 Å². The Morgan fingerprint density at radius 3 is 2.48 bits per heavy atom. The van der Waals surface area contributed by atoms with Gasteiger partial charge in [0.05, 0.1) is 15.8 Å². The lowest BCUT2D eigenvalue weighted by atomic mass is 10.1. The van der Waals surface area contributed by atoms with Gasteiger partial charge in [0.25, 0.3) is 0 Å². The zero-order valence-electron chi connectivity index (χ0n) is 17.6. The zero-order valence-corrected chi connectivity index (χ0v) is 20.0. The molecule has 0 radical (unpaired) electrons. The number of halogens is 1. The van der Waals surface area contributed by atoms with Crippen LogP contribution in [-0.4, -0.2) is 31.7 Å². The number of benzene rings is 2. The fourth-order valence-corrected chi connectivity index (χ4v) is 6.95. The molecule has 3 aromatic rings. The van der Waals surface area contributed by atoms with Crippen LogP contribution in [0.3, 0.4) is 0 Å². The molecule has 1 fully saturated rings. The molecule has 0 saturated carbocycles. The van der Waals surface area contributed by atoms with Crippen LogP contribution in [0.25, 0.3) is 0 Å². The summed E-state index contributed by atoms with van der Waals surface area (Å²) in [7, 11) is -3.36. The lowest BCUT2D eigenvalue weighted by Gasteiger charge is -2.31. The Kier molecular flexibility index (Phi) is 6.99. The summed E-state index contributed by atoms with van der Waals surface area (Å²) >= 11 is 7.64. The maximum Gasteiger partial charge on any atom is 0.185 e. The molecule has 7 heteroatoms. The molecule has 0 N–H and O–H groups in total. The highest BCUT2D eigenvalue weighted by Crippen LogP contribution is 2.30. The minimum absolute atomic E-state index is 0.319. The van der Waals surface area contributed by atoms with Gasteiger partial charge in [0, 0.05) is 29.9 Å². The standard InChI is InChI=1S/C24H27ClN2O2S2/c1-2-4-18-7-9-19(10-8-18)15-21-17-30-24(26-21)27-13-11-22(12-14-27)31(28,29)23-6-3-5-20(25)16-23/h3,5-10,16-17,22H,2,4,11-15H2,1H3. The fourth-order valence-electron chi connectivity index (χ4n) is 4.04. The number of piperidine rings is 1. The molecule has 1 aliphatic heterocycles. The van der Waals surface area contributed by atoms with Crippen LogP contribution in [0.5, 0.6) is 0 Å². The molecule has 0 aliphatic carbocycles. The second-order valence-corrected chi connectivity index (χ2v) is 11.6. The van der Waals surface area contributed by atoms with Gasteiger partial charge in [-0.15, -0.1) is 11.3 Å². The number of nitrogens with zero attached hydrogens (tertiary/aromatic N) is 2. The topological polar surface area (TPSA) is 50.3 Å². The van der Waals surface area contributed by atoms with Gasteiger partial charge in [0.2, 0.25) is 0 Å². The predicted octanol–water partition coefficient (Wildman–Crippen LogP) is 5.78. The molecule has 0 bridgehead atoms. The smallest absolute Gasteiger partial charge is 0.185 e. The van der Waals surface area contributed by atoms with E-state index in [-0.39, 0.29) is 5.25 Å². The second kappa shape index (κ2) is 9.72. The number of hydrogen-bond donors (Lipinski definition) is 0. The number of sulfone groups is 1. The number of hydrogen-bond acceptors (Lipinski definition) is 5. The monoisotopic (exact) mass is 474 g/mol. The van der Waals surface area contributed by atoms with E-state index in [0.29, 0.717) is 35.8 Å². The average molecular weight is 475 g/mol. The van der Waals surface area contributed by atoms with Gasteiger partial charge in [-0.05, 0) is 48.6 Å². The predicted molar refractivity (Wildman–Crippen MR) is 129 cm³/mol. The molecule has 4 rings (SSSR count). The lowest BCUT2D eigenvalue weighted by Crippen LogP contribution is -2.39. The van der Waals surface area contributed by atoms with E-state index < -0.39 is 9.84 Å². The minimum atomic E-state index is -3.36. The largest absolute Gasteiger partial charge is 0.348 e. The van der Waals surface area contributed by atoms with Crippen molar-refractivity contribution < 1.29 is 8.42 Å². The van der Waals surface area contributed by atoms with E-state index in [1.54, 1.807) is 35.6 Å². The van der Waals surface area contributed by atoms with Crippen LogP contribution in [0.1, 0.15) is 43.0 Å². The number of aromatic nitrogens is 1. The van der Waals surface area contributed by atoms with Gasteiger partial charge < -0.3 is 4.90 Å². The van der Waals surface area contributed by atoms with Crippen LogP contribution in [-0.2, 0) is 22.7 Å². The van der Waals surface area contributed by atoms with Crippen molar-refractivity contribution in [2.75, 3.05) is 18.0 Å². The summed E-state index contributed by atoms with van der Waals surface area (Å²) in [6.07, 6.45) is 4.30. The molecule has 0 atom stereocenters. The van der Waals surface area contributed by atoms with E-state index >= 15 is 0 Å². The number of aryl methyl sites for hydroxylation is 1. The van der Waals surface area contributed by atoms with Gasteiger partial charge in [-0.2, -0.15) is 0 Å². The van der Waals surface area contributed by atoms with E-state index in [1.165, 1.54) is 11.1 Å². The first-order valence-electron chi connectivity index (χ1n) is 10.7. The second-order valence-electron chi connectivity index (χ2n) is 8.05. The molecule has 164 valence electrons. The van der Waals surface area contributed by atoms with Crippen molar-refractivity contribution in [1.82, 2.24) is 4.98 Å². The Morgan fingerprint density at radius 2 is 1.81 bits per heavy atom. The molecule has 1 saturated heterocycles. The highest BCUT2D eigenvalue weighted by atomic mass is 35.5. The number of thiazole rings is 1. The third-order valence-corrected chi connectivity index (χ3v) is 9.21. The molecule has 1 aromatic heterocycles. The molecule has 0 amide bonds. The van der Waals surface area contributed by atoms with Crippen molar-refractivity contribution in [3.63, 3.8) is 0 Å². The highest BCUT2D eigenvalue weighted by Gasteiger charge is 2.32. The van der Waals surface area contributed by atoms with Crippen molar-refractivity contribution in [2.45, 2.75) is 49.2 Å². The molecule has 1 aliphatic rings. The maximum absolute atomic E-state index is 13.0. The average Bonchev–Trinajstić information content (AvgIpc) is 3.24. The Hall–Kier alpha value is -1.89. The fraction of sp³-hybridized carbons (Fsp3) is 0.375. The first-order chi connectivity index (χ1) is 15.0. The molecule has 0 unspecified atom stereocenters. The van der Waals surface area contributed by atoms with Crippen molar-refractivity contribution in [3.05, 3.63) is 75.8 Å². The van der Waals surface area contributed by atoms with Crippen molar-refractivity contribution in [1.29, 1.82) is 0 Å². The molecule has 4 nitrogen and oxygen atoms in total. The first kappa shape index (κ1) is 22.3. The van der Waals surface area contributed by atoms with Crippen LogP contribution < -0.4 is 4.90 Å². The summed E-state index contributed by atoms with van der Waals surface area (Å²) in [5, 5.41) is 3.18. The summed E-state index contributed by atoms with van der Waals surface area (Å²) in [5.41, 5.74) is 3.71. The molecule has 31 heavy (non-hydrogen) atoms. The van der Waals surface area contributed by atoms with Gasteiger partial charge in [-0.3, -0.25) is 0 Å². The number of anilines is 1. The summed E-state index contributed by atoms with van der Waals surface area (Å²) in [4.78, 5) is 7.35. The molecular formula is C24H27ClN2O2S2. The molecule has 2 heterocycles. The maximum atomic E-state index is 13.0. The normalized spacial score (nSPS) is 15.4. The SMILES string of the molecule is CCCc1ccc(Cc2csc(N3CCC(S(=O)(=O)c4cccc(Cl)c4)CC3)n2)cc1. The van der Waals surface area contributed by atoms with E-state index in [0.717, 1.165) is 30.1 Å². The third-order valence-electron chi connectivity index (χ3n) is 5.76. The van der Waals surface area contributed by atoms with Gasteiger partial charge in [0.1, 0.15) is 0 Å². The van der Waals surface area contributed by atoms with Crippen LogP contribution in [0.4, 0.5) is 5.13 Å². The van der Waals surface area contributed by atoms with E-state index in [4.69, 9.17) is 16.6 Å². The Bertz CT molecular complexity index is 1120. The van der Waals surface area contributed by atoms with Gasteiger partial charge in [-0.1, -0.05) is 55.3 Å². The minimum Gasteiger partial charge on any atom is -0.348 e. The molecular weight excluding hydrogens is 448 g/mol. The van der Waals surface area contributed by atoms with Gasteiger partial charge >= 0.3 is 0 Å². The Labute approximate surface area is 193 Å². The van der Waals surface area contributed by atoms with Crippen LogP contribution in [0.2, 0.25) is 5.02 Å². The summed E-state index contributed by atoms with van der Waals surface area (Å²) in [6.45, 7) is 3.59. The number of rotatable bonds is 7. The molecule has 2 aromatic carbocycles. The Balaban J connectivity index is 1.37. The van der Waals surface area contributed by atoms with E-state index in [1.807, 2.05) is 0 Å². The van der Waals surface area contributed by atoms with E-state index in [9.17, 15) is 8.42 Å². The summed E-state index contributed by atoms with van der Waals surface area (Å²) in [6, 6.07) is 15.4. The van der Waals surface area contributed by atoms with E-state index in [2.05, 4.69) is 41.5 Å². The van der Waals surface area contributed by atoms with Gasteiger partial charge in [-0.25, -0.2) is 13.4 Å². The summed E-state index contributed by atoms with van der Waals surface area (Å²) in [5.74, 6) is 0. The van der Waals surface area contributed by atoms with Crippen LogP contribution >= 0.6 is 22.9 Å². The quantitative estimate of drug-likeness (QED) is 0.435. The van der Waals surface area contributed by atoms with Crippen LogP contribution in [0, 0.1) is 0 Å². The summed E-state index contributed by atoms with van der Waals surface area (Å²) < 4.78 is 25.9. The van der Waals surface area contributed by atoms with Gasteiger partial charge in [0.15, 0.2) is 15.0 Å². The highest BCUT2D eigenvalue weighted by molar-refractivity contribution is 7.92. The Morgan fingerprint density at radius 1 is 1.10 bits per heavy atom. The molecule has 0 spiro atoms. The zero-order chi connectivity index (χ0) is 21.8. The van der Waals surface area contributed by atoms with Crippen molar-refractivity contribution >= 4 is 37.9 Å².